The van der Waals surface area contributed by atoms with Crippen molar-refractivity contribution in [2.45, 2.75) is 32.5 Å². The van der Waals surface area contributed by atoms with Crippen LogP contribution < -0.4 is 0 Å². The molecule has 0 spiro atoms. The first-order chi connectivity index (χ1) is 4.52. The van der Waals surface area contributed by atoms with Crippen molar-refractivity contribution >= 4 is 22.2 Å². The zero-order valence-corrected chi connectivity index (χ0v) is 8.59. The van der Waals surface area contributed by atoms with E-state index in [1.165, 1.54) is 0 Å². The highest BCUT2D eigenvalue weighted by Gasteiger charge is 2.07. The Morgan fingerprint density at radius 2 is 2.20 bits per heavy atom. The summed E-state index contributed by atoms with van der Waals surface area (Å²) in [7, 11) is 0. The molecule has 0 aromatic heterocycles. The molecule has 62 valence electrons. The molecule has 3 atom stereocenters. The van der Waals surface area contributed by atoms with Crippen LogP contribution in [0.2, 0.25) is 0 Å². The monoisotopic (exact) mass is 230 g/mol. The fourth-order valence-corrected chi connectivity index (χ4v) is 2.06. The molecule has 3 nitrogen and oxygen atoms in total. The Bertz CT molecular complexity index is 117. The van der Waals surface area contributed by atoms with Gasteiger partial charge < -0.3 is 9.63 Å². The third kappa shape index (κ3) is 6.75. The van der Waals surface area contributed by atoms with Crippen molar-refractivity contribution < 1.29 is 14.2 Å². The first-order valence-electron chi connectivity index (χ1n) is 3.06. The van der Waals surface area contributed by atoms with Gasteiger partial charge in [0.25, 0.3) is 6.73 Å². The number of rotatable bonds is 4. The van der Waals surface area contributed by atoms with Gasteiger partial charge >= 0.3 is 0 Å². The predicted molar refractivity (Wildman–Crippen MR) is 44.8 cm³/mol. The van der Waals surface area contributed by atoms with Gasteiger partial charge in [-0.05, 0) is 20.3 Å². The molecule has 0 rings (SSSR count). The summed E-state index contributed by atoms with van der Waals surface area (Å²) in [5.41, 5.74) is 0. The average Bonchev–Trinajstić information content (AvgIpc) is 1.58. The summed E-state index contributed by atoms with van der Waals surface area (Å²) in [4.78, 5) is 0. The van der Waals surface area contributed by atoms with Crippen molar-refractivity contribution in [2.24, 2.45) is 0 Å². The van der Waals surface area contributed by atoms with Crippen LogP contribution in [0.5, 0.6) is 0 Å². The van der Waals surface area contributed by atoms with Gasteiger partial charge in [0, 0.05) is 15.5 Å². The van der Waals surface area contributed by atoms with Crippen LogP contribution in [0.4, 0.5) is 0 Å². The zero-order chi connectivity index (χ0) is 8.15. The van der Waals surface area contributed by atoms with E-state index in [0.717, 1.165) is 0 Å². The smallest absolute Gasteiger partial charge is 0.254 e. The van der Waals surface area contributed by atoms with Gasteiger partial charge in [-0.2, -0.15) is 0 Å². The Hall–Kier alpha value is 0.630. The van der Waals surface area contributed by atoms with E-state index in [0.29, 0.717) is 6.42 Å². The molecule has 0 aromatic rings. The molecule has 0 saturated carbocycles. The summed E-state index contributed by atoms with van der Waals surface area (Å²) in [5, 5.41) is 8.85. The van der Waals surface area contributed by atoms with E-state index in [1.54, 1.807) is 13.8 Å². The second-order valence-corrected chi connectivity index (χ2v) is 4.90. The summed E-state index contributed by atoms with van der Waals surface area (Å²) in [6, 6.07) is 0. The quantitative estimate of drug-likeness (QED) is 0.752. The molecule has 0 amide bonds. The maximum atomic E-state index is 10.4. The molecule has 0 aliphatic rings. The second kappa shape index (κ2) is 5.30. The Balaban J connectivity index is 3.43. The average molecular weight is 231 g/mol. The third-order valence-electron chi connectivity index (χ3n) is 0.967. The molecule has 5 heteroatoms. The molecule has 10 heavy (non-hydrogen) atoms. The summed E-state index contributed by atoms with van der Waals surface area (Å²) in [6.07, 6.45) is -0.0308. The fraction of sp³-hybridized carbons (Fsp3) is 1.00. The number of aliphatic hydroxyl groups excluding tert-OH is 1. The number of halogens is 1. The van der Waals surface area contributed by atoms with Crippen LogP contribution >= 0.6 is 22.2 Å². The van der Waals surface area contributed by atoms with Gasteiger partial charge in [0.15, 0.2) is 0 Å². The van der Waals surface area contributed by atoms with Crippen LogP contribution in [-0.4, -0.2) is 17.3 Å². The van der Waals surface area contributed by atoms with E-state index in [2.05, 4.69) is 15.5 Å². The van der Waals surface area contributed by atoms with Crippen LogP contribution in [0.25, 0.3) is 0 Å². The number of aliphatic hydroxyl groups is 1. The molecule has 0 aliphatic carbocycles. The normalized spacial score (nSPS) is 20.0. The van der Waals surface area contributed by atoms with E-state index in [-0.39, 0.29) is 6.10 Å². The third-order valence-corrected chi connectivity index (χ3v) is 2.12. The lowest BCUT2D eigenvalue weighted by Gasteiger charge is -2.11. The molecular formula is C5H12BrO3P. The van der Waals surface area contributed by atoms with Crippen molar-refractivity contribution in [1.29, 1.82) is 0 Å². The lowest BCUT2D eigenvalue weighted by Crippen LogP contribution is -2.11. The highest BCUT2D eigenvalue weighted by atomic mass is 79.9. The molecule has 0 aliphatic heterocycles. The van der Waals surface area contributed by atoms with Crippen LogP contribution in [0, 0.1) is 0 Å². The van der Waals surface area contributed by atoms with Crippen molar-refractivity contribution in [3.05, 3.63) is 0 Å². The van der Waals surface area contributed by atoms with Crippen LogP contribution in [0.1, 0.15) is 20.3 Å². The predicted octanol–water partition coefficient (Wildman–Crippen LogP) is 1.95. The minimum absolute atomic E-state index is 0.147. The number of hydrogen-bond acceptors (Lipinski definition) is 3. The maximum Gasteiger partial charge on any atom is 0.254 e. The highest BCUT2D eigenvalue weighted by Crippen LogP contribution is 2.33. The van der Waals surface area contributed by atoms with Gasteiger partial charge in [-0.3, -0.25) is 4.57 Å². The standard InChI is InChI=1S/C5H12BrO3P/c1-4(7)3-5(2)9-10(6)8/h4-5,7,10H,3H2,1-2H3. The summed E-state index contributed by atoms with van der Waals surface area (Å²) >= 11 is 2.81. The van der Waals surface area contributed by atoms with Crippen LogP contribution in [-0.2, 0) is 9.09 Å². The van der Waals surface area contributed by atoms with Crippen LogP contribution in [0.15, 0.2) is 0 Å². The number of hydrogen-bond donors (Lipinski definition) is 1. The summed E-state index contributed by atoms with van der Waals surface area (Å²) in [6.45, 7) is 1.42. The van der Waals surface area contributed by atoms with Crippen LogP contribution in [0.3, 0.4) is 0 Å². The van der Waals surface area contributed by atoms with Gasteiger partial charge in [0.05, 0.1) is 12.2 Å². The summed E-state index contributed by atoms with van der Waals surface area (Å²) < 4.78 is 15.3. The van der Waals surface area contributed by atoms with Gasteiger partial charge in [-0.25, -0.2) is 0 Å². The van der Waals surface area contributed by atoms with Crippen molar-refractivity contribution in [1.82, 2.24) is 0 Å². The largest absolute Gasteiger partial charge is 0.393 e. The van der Waals surface area contributed by atoms with E-state index in [9.17, 15) is 4.57 Å². The van der Waals surface area contributed by atoms with Gasteiger partial charge in [-0.15, -0.1) is 0 Å². The molecule has 1 N–H and O–H groups in total. The van der Waals surface area contributed by atoms with Gasteiger partial charge in [0.1, 0.15) is 0 Å². The van der Waals surface area contributed by atoms with E-state index in [1.807, 2.05) is 0 Å². The van der Waals surface area contributed by atoms with Gasteiger partial charge in [0.2, 0.25) is 0 Å². The molecule has 0 fully saturated rings. The maximum absolute atomic E-state index is 10.4. The highest BCUT2D eigenvalue weighted by molar-refractivity contribution is 9.37. The van der Waals surface area contributed by atoms with Crippen molar-refractivity contribution in [3.8, 4) is 0 Å². The molecule has 0 bridgehead atoms. The molecule has 0 aromatic carbocycles. The van der Waals surface area contributed by atoms with E-state index >= 15 is 0 Å². The lowest BCUT2D eigenvalue weighted by molar-refractivity contribution is 0.122. The van der Waals surface area contributed by atoms with E-state index < -0.39 is 12.8 Å². The SMILES string of the molecule is CC(O)CC(C)O[PH](=O)Br. The van der Waals surface area contributed by atoms with Crippen molar-refractivity contribution in [3.63, 3.8) is 0 Å². The Morgan fingerprint density at radius 1 is 1.70 bits per heavy atom. The molecule has 0 saturated heterocycles. The fourth-order valence-electron chi connectivity index (χ4n) is 0.687. The van der Waals surface area contributed by atoms with Gasteiger partial charge in [-0.1, -0.05) is 0 Å². The topological polar surface area (TPSA) is 46.5 Å². The minimum atomic E-state index is -2.03. The lowest BCUT2D eigenvalue weighted by atomic mass is 10.2. The molecule has 3 unspecified atom stereocenters. The first kappa shape index (κ1) is 10.6. The Morgan fingerprint density at radius 3 is 2.50 bits per heavy atom. The first-order valence-corrected chi connectivity index (χ1v) is 6.64. The molecule has 0 radical (unpaired) electrons. The summed E-state index contributed by atoms with van der Waals surface area (Å²) in [5.74, 6) is 0. The minimum Gasteiger partial charge on any atom is -0.393 e. The Kier molecular flexibility index (Phi) is 5.64. The van der Waals surface area contributed by atoms with E-state index in [4.69, 9.17) is 9.63 Å². The Labute approximate surface area is 69.4 Å². The molecule has 0 heterocycles. The molecular weight excluding hydrogens is 219 g/mol. The second-order valence-electron chi connectivity index (χ2n) is 2.25. The van der Waals surface area contributed by atoms with Crippen molar-refractivity contribution in [2.75, 3.05) is 0 Å². The zero-order valence-electron chi connectivity index (χ0n) is 6.00.